The third-order valence-corrected chi connectivity index (χ3v) is 7.10. The molecule has 0 radical (unpaired) electrons. The standard InChI is InChI=1S/C19H26O/c1-2-19-10-3-4-18(19)17-7-5-13-12-14(20)6-8-15(13)16(17)9-11-19/h5,7,12,15-18H,2-4,6,8-11H2,1H3. The Morgan fingerprint density at radius 3 is 3.00 bits per heavy atom. The Balaban J connectivity index is 1.69. The second-order valence-electron chi connectivity index (χ2n) is 7.61. The molecule has 2 fully saturated rings. The van der Waals surface area contributed by atoms with Crippen molar-refractivity contribution >= 4 is 5.78 Å². The van der Waals surface area contributed by atoms with E-state index in [-0.39, 0.29) is 0 Å². The molecule has 108 valence electrons. The lowest BCUT2D eigenvalue weighted by Crippen LogP contribution is -2.43. The summed E-state index contributed by atoms with van der Waals surface area (Å²) < 4.78 is 0. The van der Waals surface area contributed by atoms with Crippen molar-refractivity contribution < 1.29 is 4.79 Å². The van der Waals surface area contributed by atoms with E-state index in [1.165, 1.54) is 44.1 Å². The molecule has 0 aromatic rings. The second-order valence-corrected chi connectivity index (χ2v) is 7.61. The summed E-state index contributed by atoms with van der Waals surface area (Å²) >= 11 is 0. The lowest BCUT2D eigenvalue weighted by Gasteiger charge is -2.51. The van der Waals surface area contributed by atoms with Crippen LogP contribution in [0.5, 0.6) is 0 Å². The predicted octanol–water partition coefficient (Wildman–Crippen LogP) is 4.68. The van der Waals surface area contributed by atoms with Gasteiger partial charge in [0.1, 0.15) is 0 Å². The number of rotatable bonds is 1. The molecular weight excluding hydrogens is 244 g/mol. The van der Waals surface area contributed by atoms with E-state index in [4.69, 9.17) is 0 Å². The highest BCUT2D eigenvalue weighted by atomic mass is 16.1. The number of allylic oxidation sites excluding steroid dienone is 4. The predicted molar refractivity (Wildman–Crippen MR) is 81.2 cm³/mol. The summed E-state index contributed by atoms with van der Waals surface area (Å²) in [4.78, 5) is 11.6. The zero-order valence-electron chi connectivity index (χ0n) is 12.6. The van der Waals surface area contributed by atoms with Crippen LogP contribution in [0.25, 0.3) is 0 Å². The van der Waals surface area contributed by atoms with Crippen molar-refractivity contribution in [3.05, 3.63) is 23.8 Å². The van der Waals surface area contributed by atoms with Crippen LogP contribution in [0, 0.1) is 29.1 Å². The van der Waals surface area contributed by atoms with Crippen LogP contribution in [0.3, 0.4) is 0 Å². The first-order valence-electron chi connectivity index (χ1n) is 8.66. The highest BCUT2D eigenvalue weighted by Crippen LogP contribution is 2.61. The van der Waals surface area contributed by atoms with Crippen LogP contribution in [-0.2, 0) is 4.79 Å². The molecule has 0 aliphatic heterocycles. The molecule has 0 N–H and O–H groups in total. The van der Waals surface area contributed by atoms with Crippen LogP contribution in [0.4, 0.5) is 0 Å². The molecule has 1 nitrogen and oxygen atoms in total. The van der Waals surface area contributed by atoms with Gasteiger partial charge in [0.05, 0.1) is 0 Å². The van der Waals surface area contributed by atoms with Gasteiger partial charge in [-0.15, -0.1) is 0 Å². The Hall–Kier alpha value is -0.850. The minimum atomic E-state index is 0.346. The summed E-state index contributed by atoms with van der Waals surface area (Å²) in [6.45, 7) is 2.41. The van der Waals surface area contributed by atoms with Crippen molar-refractivity contribution in [1.29, 1.82) is 0 Å². The molecule has 0 aromatic carbocycles. The average Bonchev–Trinajstić information content (AvgIpc) is 2.91. The lowest BCUT2D eigenvalue weighted by atomic mass is 9.53. The van der Waals surface area contributed by atoms with Crippen LogP contribution in [0.1, 0.15) is 58.3 Å². The molecule has 0 bridgehead atoms. The van der Waals surface area contributed by atoms with Gasteiger partial charge in [0, 0.05) is 6.42 Å². The van der Waals surface area contributed by atoms with Crippen LogP contribution in [0.2, 0.25) is 0 Å². The third kappa shape index (κ3) is 1.71. The van der Waals surface area contributed by atoms with Gasteiger partial charge in [0.15, 0.2) is 5.78 Å². The first-order chi connectivity index (χ1) is 9.73. The van der Waals surface area contributed by atoms with Gasteiger partial charge in [0.2, 0.25) is 0 Å². The van der Waals surface area contributed by atoms with Gasteiger partial charge in [-0.3, -0.25) is 4.79 Å². The molecule has 2 saturated carbocycles. The Kier molecular flexibility index (Phi) is 2.94. The summed E-state index contributed by atoms with van der Waals surface area (Å²) in [6.07, 6.45) is 17.2. The minimum absolute atomic E-state index is 0.346. The topological polar surface area (TPSA) is 17.1 Å². The molecule has 0 saturated heterocycles. The fourth-order valence-electron chi connectivity index (χ4n) is 6.07. The number of ketones is 1. The van der Waals surface area contributed by atoms with E-state index < -0.39 is 0 Å². The van der Waals surface area contributed by atoms with Crippen LogP contribution in [0.15, 0.2) is 23.8 Å². The fraction of sp³-hybridized carbons (Fsp3) is 0.737. The van der Waals surface area contributed by atoms with Gasteiger partial charge in [-0.05, 0) is 72.8 Å². The average molecular weight is 270 g/mol. The van der Waals surface area contributed by atoms with Gasteiger partial charge < -0.3 is 0 Å². The SMILES string of the molecule is CCC12CCCC1C1C=CC3=CC(=O)CCC3C1CC2. The summed E-state index contributed by atoms with van der Waals surface area (Å²) in [5.74, 6) is 3.61. The molecule has 4 aliphatic carbocycles. The normalized spacial score (nSPS) is 46.5. The number of hydrogen-bond donors (Lipinski definition) is 0. The Bertz CT molecular complexity index is 486. The van der Waals surface area contributed by atoms with E-state index in [0.29, 0.717) is 17.1 Å². The Morgan fingerprint density at radius 2 is 2.15 bits per heavy atom. The van der Waals surface area contributed by atoms with E-state index in [1.54, 1.807) is 0 Å². The van der Waals surface area contributed by atoms with Gasteiger partial charge >= 0.3 is 0 Å². The van der Waals surface area contributed by atoms with E-state index in [2.05, 4.69) is 19.1 Å². The van der Waals surface area contributed by atoms with Gasteiger partial charge in [-0.1, -0.05) is 31.9 Å². The highest BCUT2D eigenvalue weighted by Gasteiger charge is 2.52. The molecule has 0 amide bonds. The number of fused-ring (bicyclic) bond motifs is 5. The fourth-order valence-corrected chi connectivity index (χ4v) is 6.07. The molecule has 1 heteroatoms. The highest BCUT2D eigenvalue weighted by molar-refractivity contribution is 5.91. The van der Waals surface area contributed by atoms with Crippen molar-refractivity contribution in [2.75, 3.05) is 0 Å². The summed E-state index contributed by atoms with van der Waals surface area (Å²) in [6, 6.07) is 0. The maximum atomic E-state index is 11.6. The van der Waals surface area contributed by atoms with E-state index in [9.17, 15) is 4.79 Å². The van der Waals surface area contributed by atoms with Crippen molar-refractivity contribution in [2.45, 2.75) is 58.3 Å². The summed E-state index contributed by atoms with van der Waals surface area (Å²) in [7, 11) is 0. The molecule has 0 spiro atoms. The van der Waals surface area contributed by atoms with Gasteiger partial charge in [-0.2, -0.15) is 0 Å². The Labute approximate surface area is 122 Å². The van der Waals surface area contributed by atoms with Crippen molar-refractivity contribution in [3.63, 3.8) is 0 Å². The molecule has 0 heterocycles. The first-order valence-corrected chi connectivity index (χ1v) is 8.66. The number of carbonyl (C=O) groups excluding carboxylic acids is 1. The lowest BCUT2D eigenvalue weighted by molar-refractivity contribution is -0.115. The maximum absolute atomic E-state index is 11.6. The number of carbonyl (C=O) groups is 1. The molecule has 5 atom stereocenters. The van der Waals surface area contributed by atoms with Crippen LogP contribution in [-0.4, -0.2) is 5.78 Å². The molecule has 4 aliphatic rings. The zero-order valence-corrected chi connectivity index (χ0v) is 12.6. The third-order valence-electron chi connectivity index (χ3n) is 7.10. The summed E-state index contributed by atoms with van der Waals surface area (Å²) in [5.41, 5.74) is 2.02. The summed E-state index contributed by atoms with van der Waals surface area (Å²) in [5, 5.41) is 0. The monoisotopic (exact) mass is 270 g/mol. The molecule has 5 unspecified atom stereocenters. The first kappa shape index (κ1) is 12.9. The smallest absolute Gasteiger partial charge is 0.155 e. The molecule has 20 heavy (non-hydrogen) atoms. The van der Waals surface area contributed by atoms with E-state index in [1.807, 2.05) is 6.08 Å². The van der Waals surface area contributed by atoms with Crippen molar-refractivity contribution in [2.24, 2.45) is 29.1 Å². The quantitative estimate of drug-likeness (QED) is 0.676. The van der Waals surface area contributed by atoms with E-state index in [0.717, 1.165) is 30.6 Å². The van der Waals surface area contributed by atoms with Crippen molar-refractivity contribution in [3.8, 4) is 0 Å². The van der Waals surface area contributed by atoms with Crippen LogP contribution >= 0.6 is 0 Å². The zero-order chi connectivity index (χ0) is 13.7. The second kappa shape index (κ2) is 4.58. The van der Waals surface area contributed by atoms with Gasteiger partial charge in [0.25, 0.3) is 0 Å². The van der Waals surface area contributed by atoms with Crippen molar-refractivity contribution in [1.82, 2.24) is 0 Å². The largest absolute Gasteiger partial charge is 0.295 e. The molecule has 4 rings (SSSR count). The Morgan fingerprint density at radius 1 is 1.25 bits per heavy atom. The minimum Gasteiger partial charge on any atom is -0.295 e. The molecule has 0 aromatic heterocycles. The van der Waals surface area contributed by atoms with Gasteiger partial charge in [-0.25, -0.2) is 0 Å². The number of hydrogen-bond acceptors (Lipinski definition) is 1. The van der Waals surface area contributed by atoms with E-state index >= 15 is 0 Å². The maximum Gasteiger partial charge on any atom is 0.155 e. The van der Waals surface area contributed by atoms with Crippen LogP contribution < -0.4 is 0 Å². The molecular formula is C19H26O.